The molecule has 0 saturated heterocycles. The highest BCUT2D eigenvalue weighted by molar-refractivity contribution is 5.51. The number of nitrogens with zero attached hydrogens (tertiary/aromatic N) is 1. The van der Waals surface area contributed by atoms with Gasteiger partial charge in [0.2, 0.25) is 0 Å². The van der Waals surface area contributed by atoms with Gasteiger partial charge in [-0.05, 0) is 49.6 Å². The summed E-state index contributed by atoms with van der Waals surface area (Å²) in [5.74, 6) is 0.613. The number of benzene rings is 1. The SMILES string of the molecule is CCCNC(c1ccccc1C)c1c(C)ccnc1N. The van der Waals surface area contributed by atoms with E-state index in [1.54, 1.807) is 6.20 Å². The van der Waals surface area contributed by atoms with Gasteiger partial charge in [-0.25, -0.2) is 4.98 Å². The summed E-state index contributed by atoms with van der Waals surface area (Å²) in [7, 11) is 0. The van der Waals surface area contributed by atoms with Crippen molar-refractivity contribution in [1.29, 1.82) is 0 Å². The molecule has 1 unspecified atom stereocenters. The third-order valence-electron chi connectivity index (χ3n) is 3.63. The lowest BCUT2D eigenvalue weighted by Crippen LogP contribution is -2.26. The first-order valence-electron chi connectivity index (χ1n) is 7.15. The van der Waals surface area contributed by atoms with Crippen molar-refractivity contribution in [3.05, 3.63) is 58.8 Å². The van der Waals surface area contributed by atoms with E-state index in [-0.39, 0.29) is 6.04 Å². The summed E-state index contributed by atoms with van der Waals surface area (Å²) in [6.07, 6.45) is 2.85. The predicted octanol–water partition coefficient (Wildman–Crippen LogP) is 3.37. The maximum atomic E-state index is 6.13. The molecule has 1 aromatic heterocycles. The van der Waals surface area contributed by atoms with E-state index in [2.05, 4.69) is 55.3 Å². The van der Waals surface area contributed by atoms with Crippen LogP contribution in [0.2, 0.25) is 0 Å². The summed E-state index contributed by atoms with van der Waals surface area (Å²) >= 11 is 0. The zero-order chi connectivity index (χ0) is 14.5. The van der Waals surface area contributed by atoms with Crippen molar-refractivity contribution in [3.63, 3.8) is 0 Å². The molecule has 1 heterocycles. The minimum absolute atomic E-state index is 0.102. The zero-order valence-electron chi connectivity index (χ0n) is 12.5. The summed E-state index contributed by atoms with van der Waals surface area (Å²) in [5.41, 5.74) is 10.9. The Bertz CT molecular complexity index is 558. The topological polar surface area (TPSA) is 50.9 Å². The Morgan fingerprint density at radius 1 is 1.15 bits per heavy atom. The molecule has 0 amide bonds. The average molecular weight is 269 g/mol. The summed E-state index contributed by atoms with van der Waals surface area (Å²) in [6.45, 7) is 7.35. The van der Waals surface area contributed by atoms with Gasteiger partial charge in [0, 0.05) is 11.8 Å². The lowest BCUT2D eigenvalue weighted by Gasteiger charge is -2.24. The molecule has 3 N–H and O–H groups in total. The van der Waals surface area contributed by atoms with Crippen LogP contribution in [-0.2, 0) is 0 Å². The fraction of sp³-hybridized carbons (Fsp3) is 0.353. The highest BCUT2D eigenvalue weighted by Crippen LogP contribution is 2.30. The van der Waals surface area contributed by atoms with Crippen LogP contribution in [-0.4, -0.2) is 11.5 Å². The molecule has 20 heavy (non-hydrogen) atoms. The van der Waals surface area contributed by atoms with Crippen LogP contribution in [0, 0.1) is 13.8 Å². The first-order valence-corrected chi connectivity index (χ1v) is 7.15. The molecule has 0 fully saturated rings. The van der Waals surface area contributed by atoms with Gasteiger partial charge in [-0.2, -0.15) is 0 Å². The van der Waals surface area contributed by atoms with E-state index in [1.165, 1.54) is 16.7 Å². The highest BCUT2D eigenvalue weighted by atomic mass is 14.9. The van der Waals surface area contributed by atoms with E-state index in [0.29, 0.717) is 5.82 Å². The summed E-state index contributed by atoms with van der Waals surface area (Å²) < 4.78 is 0. The Kier molecular flexibility index (Phi) is 4.74. The molecule has 2 rings (SSSR count). The fourth-order valence-electron chi connectivity index (χ4n) is 2.53. The van der Waals surface area contributed by atoms with Crippen LogP contribution in [0.4, 0.5) is 5.82 Å². The molecule has 106 valence electrons. The van der Waals surface area contributed by atoms with Crippen LogP contribution in [0.15, 0.2) is 36.5 Å². The summed E-state index contributed by atoms with van der Waals surface area (Å²) in [6, 6.07) is 10.6. The Labute approximate surface area is 121 Å². The molecule has 3 nitrogen and oxygen atoms in total. The molecule has 0 spiro atoms. The second-order valence-electron chi connectivity index (χ2n) is 5.17. The zero-order valence-corrected chi connectivity index (χ0v) is 12.5. The van der Waals surface area contributed by atoms with Crippen molar-refractivity contribution in [2.24, 2.45) is 0 Å². The minimum Gasteiger partial charge on any atom is -0.383 e. The monoisotopic (exact) mass is 269 g/mol. The van der Waals surface area contributed by atoms with Gasteiger partial charge in [0.05, 0.1) is 6.04 Å². The van der Waals surface area contributed by atoms with Crippen LogP contribution >= 0.6 is 0 Å². The Hall–Kier alpha value is -1.87. The molecule has 0 saturated carbocycles. The fourth-order valence-corrected chi connectivity index (χ4v) is 2.53. The van der Waals surface area contributed by atoms with Crippen molar-refractivity contribution in [3.8, 4) is 0 Å². The smallest absolute Gasteiger partial charge is 0.128 e. The quantitative estimate of drug-likeness (QED) is 0.875. The van der Waals surface area contributed by atoms with E-state index in [0.717, 1.165) is 18.5 Å². The molecule has 3 heteroatoms. The molecule has 0 radical (unpaired) electrons. The number of nitrogens with two attached hydrogens (primary N) is 1. The third-order valence-corrected chi connectivity index (χ3v) is 3.63. The summed E-state index contributed by atoms with van der Waals surface area (Å²) in [4.78, 5) is 4.26. The number of pyridine rings is 1. The van der Waals surface area contributed by atoms with Gasteiger partial charge in [-0.3, -0.25) is 0 Å². The maximum absolute atomic E-state index is 6.13. The number of aryl methyl sites for hydroxylation is 2. The average Bonchev–Trinajstić information content (AvgIpc) is 2.43. The first-order chi connectivity index (χ1) is 9.65. The number of nitrogen functional groups attached to an aromatic ring is 1. The van der Waals surface area contributed by atoms with Crippen molar-refractivity contribution in [1.82, 2.24) is 10.3 Å². The van der Waals surface area contributed by atoms with E-state index in [9.17, 15) is 0 Å². The summed E-state index contributed by atoms with van der Waals surface area (Å²) in [5, 5.41) is 3.60. The molecule has 1 aromatic carbocycles. The third kappa shape index (κ3) is 2.99. The number of hydrogen-bond acceptors (Lipinski definition) is 3. The molecule has 0 aliphatic rings. The van der Waals surface area contributed by atoms with Gasteiger partial charge in [-0.15, -0.1) is 0 Å². The lowest BCUT2D eigenvalue weighted by molar-refractivity contribution is 0.594. The van der Waals surface area contributed by atoms with Gasteiger partial charge >= 0.3 is 0 Å². The first kappa shape index (κ1) is 14.5. The number of anilines is 1. The number of aromatic nitrogens is 1. The van der Waals surface area contributed by atoms with Crippen LogP contribution in [0.1, 0.15) is 41.6 Å². The van der Waals surface area contributed by atoms with Crippen LogP contribution in [0.5, 0.6) is 0 Å². The largest absolute Gasteiger partial charge is 0.383 e. The lowest BCUT2D eigenvalue weighted by atomic mass is 9.92. The van der Waals surface area contributed by atoms with Crippen molar-refractivity contribution in [2.75, 3.05) is 12.3 Å². The van der Waals surface area contributed by atoms with Crippen molar-refractivity contribution < 1.29 is 0 Å². The van der Waals surface area contributed by atoms with E-state index in [4.69, 9.17) is 5.73 Å². The molecular weight excluding hydrogens is 246 g/mol. The van der Waals surface area contributed by atoms with Crippen molar-refractivity contribution >= 4 is 5.82 Å². The Morgan fingerprint density at radius 2 is 1.90 bits per heavy atom. The number of nitrogens with one attached hydrogen (secondary N) is 1. The number of hydrogen-bond donors (Lipinski definition) is 2. The van der Waals surface area contributed by atoms with Gasteiger partial charge in [-0.1, -0.05) is 31.2 Å². The molecular formula is C17H23N3. The Morgan fingerprint density at radius 3 is 2.55 bits per heavy atom. The van der Waals surface area contributed by atoms with Gasteiger partial charge in [0.15, 0.2) is 0 Å². The predicted molar refractivity (Wildman–Crippen MR) is 84.7 cm³/mol. The Balaban J connectivity index is 2.50. The van der Waals surface area contributed by atoms with Gasteiger partial charge in [0.1, 0.15) is 5.82 Å². The molecule has 1 atom stereocenters. The maximum Gasteiger partial charge on any atom is 0.128 e. The molecule has 0 bridgehead atoms. The van der Waals surface area contributed by atoms with E-state index in [1.807, 2.05) is 6.07 Å². The van der Waals surface area contributed by atoms with Crippen molar-refractivity contribution in [2.45, 2.75) is 33.2 Å². The van der Waals surface area contributed by atoms with Gasteiger partial charge in [0.25, 0.3) is 0 Å². The van der Waals surface area contributed by atoms with E-state index >= 15 is 0 Å². The molecule has 0 aliphatic heterocycles. The number of rotatable bonds is 5. The second-order valence-corrected chi connectivity index (χ2v) is 5.17. The molecule has 2 aromatic rings. The van der Waals surface area contributed by atoms with Crippen LogP contribution in [0.25, 0.3) is 0 Å². The highest BCUT2D eigenvalue weighted by Gasteiger charge is 2.20. The molecule has 0 aliphatic carbocycles. The van der Waals surface area contributed by atoms with Crippen LogP contribution in [0.3, 0.4) is 0 Å². The minimum atomic E-state index is 0.102. The van der Waals surface area contributed by atoms with E-state index < -0.39 is 0 Å². The standard InChI is InChI=1S/C17H23N3/c1-4-10-19-16(14-8-6-5-7-12(14)2)15-13(3)9-11-20-17(15)18/h5-9,11,16,19H,4,10H2,1-3H3,(H2,18,20). The second kappa shape index (κ2) is 6.53. The van der Waals surface area contributed by atoms with Gasteiger partial charge < -0.3 is 11.1 Å². The van der Waals surface area contributed by atoms with Crippen LogP contribution < -0.4 is 11.1 Å². The normalized spacial score (nSPS) is 12.3.